The van der Waals surface area contributed by atoms with Crippen molar-refractivity contribution in [2.24, 2.45) is 5.92 Å². The number of sulfonamides is 1. The third kappa shape index (κ3) is 4.98. The minimum Gasteiger partial charge on any atom is -0.493 e. The Labute approximate surface area is 127 Å². The molecule has 118 valence electrons. The number of hydrogen-bond donors (Lipinski definition) is 1. The molecule has 0 radical (unpaired) electrons. The fourth-order valence-corrected chi connectivity index (χ4v) is 3.57. The van der Waals surface area contributed by atoms with Crippen molar-refractivity contribution in [1.82, 2.24) is 9.62 Å². The van der Waals surface area contributed by atoms with Crippen LogP contribution in [0.15, 0.2) is 24.3 Å². The molecule has 1 saturated heterocycles. The molecule has 2 rings (SSSR count). The Kier molecular flexibility index (Phi) is 5.61. The van der Waals surface area contributed by atoms with Crippen molar-refractivity contribution in [1.29, 1.82) is 0 Å². The maximum atomic E-state index is 11.6. The maximum Gasteiger partial charge on any atom is 0.211 e. The fourth-order valence-electron chi connectivity index (χ4n) is 2.63. The van der Waals surface area contributed by atoms with E-state index in [0.29, 0.717) is 19.7 Å². The Balaban J connectivity index is 1.89. The van der Waals surface area contributed by atoms with E-state index in [0.717, 1.165) is 25.1 Å². The molecule has 0 aromatic heterocycles. The summed E-state index contributed by atoms with van der Waals surface area (Å²) in [4.78, 5) is 0. The number of hydrogen-bond acceptors (Lipinski definition) is 4. The highest BCUT2D eigenvalue weighted by molar-refractivity contribution is 7.88. The van der Waals surface area contributed by atoms with Gasteiger partial charge in [-0.05, 0) is 37.6 Å². The van der Waals surface area contributed by atoms with Crippen LogP contribution in [-0.2, 0) is 16.6 Å². The molecule has 0 aliphatic carbocycles. The van der Waals surface area contributed by atoms with Crippen LogP contribution >= 0.6 is 0 Å². The molecule has 0 bridgehead atoms. The van der Waals surface area contributed by atoms with Crippen LogP contribution in [0.1, 0.15) is 18.4 Å². The monoisotopic (exact) mass is 312 g/mol. The molecular formula is C15H24N2O3S. The molecule has 1 atom stereocenters. The summed E-state index contributed by atoms with van der Waals surface area (Å²) in [5.41, 5.74) is 1.18. The van der Waals surface area contributed by atoms with Crippen LogP contribution in [0.5, 0.6) is 5.75 Å². The normalized spacial score (nSPS) is 20.4. The molecule has 1 fully saturated rings. The topological polar surface area (TPSA) is 58.6 Å². The molecule has 1 aromatic carbocycles. The quantitative estimate of drug-likeness (QED) is 0.864. The maximum absolute atomic E-state index is 11.6. The highest BCUT2D eigenvalue weighted by Crippen LogP contribution is 2.21. The van der Waals surface area contributed by atoms with Gasteiger partial charge in [0.15, 0.2) is 0 Å². The molecule has 1 aromatic rings. The molecular weight excluding hydrogens is 288 g/mol. The van der Waals surface area contributed by atoms with Gasteiger partial charge >= 0.3 is 0 Å². The van der Waals surface area contributed by atoms with Gasteiger partial charge in [0.05, 0.1) is 12.9 Å². The predicted molar refractivity (Wildman–Crippen MR) is 83.8 cm³/mol. The largest absolute Gasteiger partial charge is 0.493 e. The third-order valence-corrected chi connectivity index (χ3v) is 4.99. The summed E-state index contributed by atoms with van der Waals surface area (Å²) in [5, 5.41) is 3.11. The number of nitrogens with one attached hydrogen (secondary N) is 1. The first-order valence-electron chi connectivity index (χ1n) is 7.30. The molecule has 6 heteroatoms. The molecule has 0 spiro atoms. The molecule has 1 aliphatic heterocycles. The van der Waals surface area contributed by atoms with E-state index >= 15 is 0 Å². The average Bonchev–Trinajstić information content (AvgIpc) is 2.45. The van der Waals surface area contributed by atoms with E-state index in [4.69, 9.17) is 4.74 Å². The molecule has 1 N–H and O–H groups in total. The highest BCUT2D eigenvalue weighted by atomic mass is 32.2. The molecule has 5 nitrogen and oxygen atoms in total. The van der Waals surface area contributed by atoms with Crippen molar-refractivity contribution in [3.8, 4) is 5.75 Å². The summed E-state index contributed by atoms with van der Waals surface area (Å²) in [6.45, 7) is 2.57. The summed E-state index contributed by atoms with van der Waals surface area (Å²) in [6.07, 6.45) is 3.20. The van der Waals surface area contributed by atoms with E-state index in [1.54, 1.807) is 4.31 Å². The van der Waals surface area contributed by atoms with Crippen molar-refractivity contribution in [2.45, 2.75) is 19.4 Å². The SMILES string of the molecule is CNCc1cccc(OCC2CCCN(S(C)(=O)=O)C2)c1. The average molecular weight is 312 g/mol. The van der Waals surface area contributed by atoms with Crippen molar-refractivity contribution >= 4 is 10.0 Å². The van der Waals surface area contributed by atoms with E-state index in [-0.39, 0.29) is 5.92 Å². The predicted octanol–water partition coefficient (Wildman–Crippen LogP) is 1.46. The van der Waals surface area contributed by atoms with Gasteiger partial charge in [-0.3, -0.25) is 0 Å². The van der Waals surface area contributed by atoms with Gasteiger partial charge in [0.25, 0.3) is 0 Å². The second kappa shape index (κ2) is 7.24. The fraction of sp³-hybridized carbons (Fsp3) is 0.600. The lowest BCUT2D eigenvalue weighted by atomic mass is 10.0. The van der Waals surface area contributed by atoms with Crippen LogP contribution in [0.3, 0.4) is 0 Å². The van der Waals surface area contributed by atoms with Crippen molar-refractivity contribution in [3.05, 3.63) is 29.8 Å². The summed E-state index contributed by atoms with van der Waals surface area (Å²) in [6, 6.07) is 7.99. The zero-order valence-corrected chi connectivity index (χ0v) is 13.5. The Morgan fingerprint density at radius 3 is 2.95 bits per heavy atom. The first kappa shape index (κ1) is 16.3. The number of nitrogens with zero attached hydrogens (tertiary/aromatic N) is 1. The number of piperidine rings is 1. The van der Waals surface area contributed by atoms with E-state index in [2.05, 4.69) is 11.4 Å². The van der Waals surface area contributed by atoms with Gasteiger partial charge < -0.3 is 10.1 Å². The molecule has 1 unspecified atom stereocenters. The summed E-state index contributed by atoms with van der Waals surface area (Å²) >= 11 is 0. The third-order valence-electron chi connectivity index (χ3n) is 3.72. The van der Waals surface area contributed by atoms with Crippen LogP contribution in [-0.4, -0.2) is 45.7 Å². The van der Waals surface area contributed by atoms with E-state index in [9.17, 15) is 8.42 Å². The van der Waals surface area contributed by atoms with Gasteiger partial charge in [0, 0.05) is 25.6 Å². The van der Waals surface area contributed by atoms with Gasteiger partial charge in [-0.1, -0.05) is 12.1 Å². The molecule has 0 amide bonds. The zero-order valence-electron chi connectivity index (χ0n) is 12.7. The Bertz CT molecular complexity index is 560. The van der Waals surface area contributed by atoms with Gasteiger partial charge in [-0.15, -0.1) is 0 Å². The van der Waals surface area contributed by atoms with Crippen molar-refractivity contribution < 1.29 is 13.2 Å². The molecule has 1 heterocycles. The summed E-state index contributed by atoms with van der Waals surface area (Å²) in [5.74, 6) is 1.11. The van der Waals surface area contributed by atoms with Crippen molar-refractivity contribution in [3.63, 3.8) is 0 Å². The lowest BCUT2D eigenvalue weighted by molar-refractivity contribution is 0.180. The minimum absolute atomic E-state index is 0.265. The van der Waals surface area contributed by atoms with Gasteiger partial charge in [0.2, 0.25) is 10.0 Å². The van der Waals surface area contributed by atoms with Gasteiger partial charge in [-0.25, -0.2) is 12.7 Å². The van der Waals surface area contributed by atoms with E-state index < -0.39 is 10.0 Å². The lowest BCUT2D eigenvalue weighted by Gasteiger charge is -2.30. The van der Waals surface area contributed by atoms with Crippen molar-refractivity contribution in [2.75, 3.05) is 33.0 Å². The number of benzene rings is 1. The Hall–Kier alpha value is -1.11. The molecule has 21 heavy (non-hydrogen) atoms. The number of rotatable bonds is 6. The minimum atomic E-state index is -3.09. The smallest absolute Gasteiger partial charge is 0.211 e. The summed E-state index contributed by atoms with van der Waals surface area (Å²) in [7, 11) is -1.17. The Morgan fingerprint density at radius 1 is 1.43 bits per heavy atom. The Morgan fingerprint density at radius 2 is 2.24 bits per heavy atom. The van der Waals surface area contributed by atoms with Gasteiger partial charge in [0.1, 0.15) is 5.75 Å². The summed E-state index contributed by atoms with van der Waals surface area (Å²) < 4.78 is 30.6. The number of ether oxygens (including phenoxy) is 1. The highest BCUT2D eigenvalue weighted by Gasteiger charge is 2.26. The zero-order chi connectivity index (χ0) is 15.3. The van der Waals surface area contributed by atoms with Crippen LogP contribution in [0.4, 0.5) is 0 Å². The first-order chi connectivity index (χ1) is 9.99. The second-order valence-electron chi connectivity index (χ2n) is 5.62. The molecule has 1 aliphatic rings. The van der Waals surface area contributed by atoms with Crippen LogP contribution in [0.25, 0.3) is 0 Å². The van der Waals surface area contributed by atoms with E-state index in [1.807, 2.05) is 25.2 Å². The van der Waals surface area contributed by atoms with Gasteiger partial charge in [-0.2, -0.15) is 0 Å². The lowest BCUT2D eigenvalue weighted by Crippen LogP contribution is -2.40. The second-order valence-corrected chi connectivity index (χ2v) is 7.60. The van der Waals surface area contributed by atoms with Crippen LogP contribution in [0.2, 0.25) is 0 Å². The van der Waals surface area contributed by atoms with Crippen LogP contribution < -0.4 is 10.1 Å². The van der Waals surface area contributed by atoms with Crippen LogP contribution in [0, 0.1) is 5.92 Å². The standard InChI is InChI=1S/C15H24N2O3S/c1-16-10-13-5-3-7-15(9-13)20-12-14-6-4-8-17(11-14)21(2,18)19/h3,5,7,9,14,16H,4,6,8,10-12H2,1-2H3. The first-order valence-corrected chi connectivity index (χ1v) is 9.15. The molecule has 0 saturated carbocycles. The van der Waals surface area contributed by atoms with E-state index in [1.165, 1.54) is 11.8 Å².